The Bertz CT molecular complexity index is 641. The Morgan fingerprint density at radius 3 is 2.73 bits per heavy atom. The van der Waals surface area contributed by atoms with Gasteiger partial charge >= 0.3 is 6.09 Å². The minimum Gasteiger partial charge on any atom is -0.493 e. The van der Waals surface area contributed by atoms with E-state index in [-0.39, 0.29) is 16.9 Å². The van der Waals surface area contributed by atoms with Crippen molar-refractivity contribution >= 4 is 22.0 Å². The zero-order chi connectivity index (χ0) is 19.5. The molecule has 2 rings (SSSR count). The summed E-state index contributed by atoms with van der Waals surface area (Å²) in [5.41, 5.74) is 1.24. The molecule has 1 N–H and O–H groups in total. The molecule has 1 saturated heterocycles. The van der Waals surface area contributed by atoms with Crippen LogP contribution in [0.2, 0.25) is 0 Å². The first kappa shape index (κ1) is 21.1. The van der Waals surface area contributed by atoms with Crippen LogP contribution >= 0.6 is 15.9 Å². The monoisotopic (exact) mass is 425 g/mol. The van der Waals surface area contributed by atoms with E-state index in [1.165, 1.54) is 0 Å². The van der Waals surface area contributed by atoms with Crippen molar-refractivity contribution in [2.45, 2.75) is 66.3 Å². The summed E-state index contributed by atoms with van der Waals surface area (Å²) in [6, 6.07) is 6.07. The van der Waals surface area contributed by atoms with Gasteiger partial charge in [-0.25, -0.2) is 4.79 Å². The first-order chi connectivity index (χ1) is 12.0. The molecular weight excluding hydrogens is 394 g/mol. The second-order valence-corrected chi connectivity index (χ2v) is 9.79. The van der Waals surface area contributed by atoms with E-state index in [1.54, 1.807) is 4.90 Å². The van der Waals surface area contributed by atoms with Crippen molar-refractivity contribution in [2.24, 2.45) is 10.8 Å². The van der Waals surface area contributed by atoms with E-state index in [0.717, 1.165) is 41.5 Å². The van der Waals surface area contributed by atoms with E-state index in [0.29, 0.717) is 13.2 Å². The number of piperidine rings is 1. The summed E-state index contributed by atoms with van der Waals surface area (Å²) in [6.45, 7) is 12.1. The molecule has 0 spiro atoms. The average molecular weight is 426 g/mol. The Hall–Kier alpha value is -1.23. The van der Waals surface area contributed by atoms with E-state index in [9.17, 15) is 9.90 Å². The van der Waals surface area contributed by atoms with Gasteiger partial charge in [-0.05, 0) is 55.6 Å². The van der Waals surface area contributed by atoms with Gasteiger partial charge in [0.25, 0.3) is 0 Å². The SMILES string of the molecule is Cc1c(Br)cccc1OCCCC1(C)CCN(C(=O)O)C(C(C)(C)C)C1. The molecule has 0 aromatic heterocycles. The van der Waals surface area contributed by atoms with Gasteiger partial charge in [0.2, 0.25) is 0 Å². The van der Waals surface area contributed by atoms with Crippen molar-refractivity contribution < 1.29 is 14.6 Å². The summed E-state index contributed by atoms with van der Waals surface area (Å²) < 4.78 is 7.04. The van der Waals surface area contributed by atoms with E-state index >= 15 is 0 Å². The number of nitrogens with zero attached hydrogens (tertiary/aromatic N) is 1. The molecule has 1 fully saturated rings. The fourth-order valence-corrected chi connectivity index (χ4v) is 4.23. The largest absolute Gasteiger partial charge is 0.493 e. The Balaban J connectivity index is 1.92. The van der Waals surface area contributed by atoms with Crippen LogP contribution in [0.1, 0.15) is 58.9 Å². The minimum absolute atomic E-state index is 0.0516. The minimum atomic E-state index is -0.791. The number of carbonyl (C=O) groups is 1. The third-order valence-electron chi connectivity index (χ3n) is 5.66. The van der Waals surface area contributed by atoms with Gasteiger partial charge in [-0.3, -0.25) is 0 Å². The first-order valence-electron chi connectivity index (χ1n) is 9.41. The lowest BCUT2D eigenvalue weighted by Crippen LogP contribution is -2.54. The van der Waals surface area contributed by atoms with Gasteiger partial charge in [0.15, 0.2) is 0 Å². The molecule has 1 amide bonds. The highest BCUT2D eigenvalue weighted by Gasteiger charge is 2.43. The van der Waals surface area contributed by atoms with Gasteiger partial charge in [0, 0.05) is 22.6 Å². The maximum Gasteiger partial charge on any atom is 0.407 e. The highest BCUT2D eigenvalue weighted by molar-refractivity contribution is 9.10. The molecule has 26 heavy (non-hydrogen) atoms. The molecule has 1 heterocycles. The normalized spacial score (nSPS) is 23.8. The van der Waals surface area contributed by atoms with Gasteiger partial charge in [-0.2, -0.15) is 0 Å². The summed E-state index contributed by atoms with van der Waals surface area (Å²) in [7, 11) is 0. The average Bonchev–Trinajstić information content (AvgIpc) is 2.54. The van der Waals surface area contributed by atoms with Crippen LogP contribution in [0.5, 0.6) is 5.75 Å². The van der Waals surface area contributed by atoms with Crippen molar-refractivity contribution in [1.29, 1.82) is 0 Å². The molecule has 2 atom stereocenters. The van der Waals surface area contributed by atoms with Gasteiger partial charge in [0.1, 0.15) is 5.75 Å². The fraction of sp³-hybridized carbons (Fsp3) is 0.667. The second-order valence-electron chi connectivity index (χ2n) is 8.94. The van der Waals surface area contributed by atoms with E-state index in [1.807, 2.05) is 18.2 Å². The van der Waals surface area contributed by atoms with Crippen LogP contribution in [0.15, 0.2) is 22.7 Å². The summed E-state index contributed by atoms with van der Waals surface area (Å²) in [5.74, 6) is 0.929. The highest BCUT2D eigenvalue weighted by atomic mass is 79.9. The number of hydrogen-bond acceptors (Lipinski definition) is 2. The third kappa shape index (κ3) is 5.15. The third-order valence-corrected chi connectivity index (χ3v) is 6.52. The van der Waals surface area contributed by atoms with Crippen LogP contribution in [0.3, 0.4) is 0 Å². The quantitative estimate of drug-likeness (QED) is 0.578. The summed E-state index contributed by atoms with van der Waals surface area (Å²) in [5, 5.41) is 9.53. The molecule has 1 aromatic carbocycles. The lowest BCUT2D eigenvalue weighted by atomic mass is 9.68. The zero-order valence-corrected chi connectivity index (χ0v) is 18.2. The number of halogens is 1. The maximum atomic E-state index is 11.6. The summed E-state index contributed by atoms with van der Waals surface area (Å²) in [6.07, 6.45) is 3.08. The van der Waals surface area contributed by atoms with Gasteiger partial charge in [0.05, 0.1) is 6.61 Å². The van der Waals surface area contributed by atoms with E-state index < -0.39 is 6.09 Å². The topological polar surface area (TPSA) is 49.8 Å². The Morgan fingerprint density at radius 2 is 2.12 bits per heavy atom. The maximum absolute atomic E-state index is 11.6. The van der Waals surface area contributed by atoms with Gasteiger partial charge in [-0.15, -0.1) is 0 Å². The van der Waals surface area contributed by atoms with Crippen molar-refractivity contribution in [1.82, 2.24) is 4.90 Å². The van der Waals surface area contributed by atoms with Crippen LogP contribution in [0.4, 0.5) is 4.79 Å². The van der Waals surface area contributed by atoms with Crippen LogP contribution in [-0.4, -0.2) is 35.3 Å². The molecule has 0 aliphatic carbocycles. The van der Waals surface area contributed by atoms with Gasteiger partial charge < -0.3 is 14.7 Å². The molecule has 5 heteroatoms. The Kier molecular flexibility index (Phi) is 6.65. The van der Waals surface area contributed by atoms with E-state index in [4.69, 9.17) is 4.74 Å². The molecule has 2 unspecified atom stereocenters. The highest BCUT2D eigenvalue weighted by Crippen LogP contribution is 2.43. The Labute approximate surface area is 166 Å². The molecule has 1 aromatic rings. The predicted octanol–water partition coefficient (Wildman–Crippen LogP) is 6.11. The molecule has 0 bridgehead atoms. The number of rotatable bonds is 5. The van der Waals surface area contributed by atoms with Crippen molar-refractivity contribution in [3.8, 4) is 5.75 Å². The molecule has 0 radical (unpaired) electrons. The number of carboxylic acid groups (broad SMARTS) is 1. The summed E-state index contributed by atoms with van der Waals surface area (Å²) >= 11 is 3.54. The first-order valence-corrected chi connectivity index (χ1v) is 10.2. The lowest BCUT2D eigenvalue weighted by Gasteiger charge is -2.49. The molecule has 4 nitrogen and oxygen atoms in total. The fourth-order valence-electron chi connectivity index (χ4n) is 3.88. The van der Waals surface area contributed by atoms with Gasteiger partial charge in [-0.1, -0.05) is 49.7 Å². The molecule has 0 saturated carbocycles. The predicted molar refractivity (Wildman–Crippen MR) is 109 cm³/mol. The van der Waals surface area contributed by atoms with Crippen molar-refractivity contribution in [3.05, 3.63) is 28.2 Å². The zero-order valence-electron chi connectivity index (χ0n) is 16.6. The molecule has 1 aliphatic rings. The van der Waals surface area contributed by atoms with E-state index in [2.05, 4.69) is 50.5 Å². The van der Waals surface area contributed by atoms with Crippen molar-refractivity contribution in [3.63, 3.8) is 0 Å². The number of ether oxygens (including phenoxy) is 1. The molecule has 146 valence electrons. The van der Waals surface area contributed by atoms with Crippen molar-refractivity contribution in [2.75, 3.05) is 13.2 Å². The Morgan fingerprint density at radius 1 is 1.42 bits per heavy atom. The smallest absolute Gasteiger partial charge is 0.407 e. The number of amides is 1. The van der Waals surface area contributed by atoms with Crippen LogP contribution in [0, 0.1) is 17.8 Å². The van der Waals surface area contributed by atoms with Crippen LogP contribution < -0.4 is 4.74 Å². The standard InChI is InChI=1S/C21H32BrNO3/c1-15-16(22)8-6-9-17(15)26-13-7-10-21(5)11-12-23(19(24)25)18(14-21)20(2,3)4/h6,8-9,18H,7,10-14H2,1-5H3,(H,24,25). The number of likely N-dealkylation sites (tertiary alicyclic amines) is 1. The number of benzene rings is 1. The van der Waals surface area contributed by atoms with Crippen LogP contribution in [0.25, 0.3) is 0 Å². The summed E-state index contributed by atoms with van der Waals surface area (Å²) in [4.78, 5) is 13.2. The second kappa shape index (κ2) is 8.20. The van der Waals surface area contributed by atoms with Crippen LogP contribution in [-0.2, 0) is 0 Å². The molecular formula is C21H32BrNO3. The lowest BCUT2D eigenvalue weighted by molar-refractivity contribution is 0.00540. The number of hydrogen-bond donors (Lipinski definition) is 1. The molecule has 1 aliphatic heterocycles.